The summed E-state index contributed by atoms with van der Waals surface area (Å²) in [6, 6.07) is 9.84. The predicted octanol–water partition coefficient (Wildman–Crippen LogP) is 4.66. The average molecular weight is 275 g/mol. The van der Waals surface area contributed by atoms with Gasteiger partial charge in [-0.3, -0.25) is 4.79 Å². The summed E-state index contributed by atoms with van der Waals surface area (Å²) in [6.07, 6.45) is 2.07. The Morgan fingerprint density at radius 1 is 1.21 bits per heavy atom. The molecule has 2 bridgehead atoms. The average Bonchev–Trinajstić information content (AvgIpc) is 2.71. The lowest BCUT2D eigenvalue weighted by molar-refractivity contribution is -0.125. The second-order valence-corrected chi connectivity index (χ2v) is 6.95. The zero-order valence-electron chi connectivity index (χ0n) is 11.7. The summed E-state index contributed by atoms with van der Waals surface area (Å²) >= 11 is 6.55. The maximum Gasteiger partial charge on any atom is 0.167 e. The van der Waals surface area contributed by atoms with Crippen molar-refractivity contribution in [1.82, 2.24) is 0 Å². The number of halogens is 1. The molecule has 1 aromatic carbocycles. The third-order valence-corrected chi connectivity index (χ3v) is 6.01. The van der Waals surface area contributed by atoms with Gasteiger partial charge in [0.1, 0.15) is 0 Å². The van der Waals surface area contributed by atoms with Gasteiger partial charge in [0.25, 0.3) is 0 Å². The number of allylic oxidation sites excluding steroid dienone is 1. The van der Waals surface area contributed by atoms with Crippen LogP contribution in [-0.2, 0) is 4.79 Å². The molecule has 100 valence electrons. The molecule has 1 aromatic rings. The smallest absolute Gasteiger partial charge is 0.167 e. The molecule has 2 unspecified atom stereocenters. The summed E-state index contributed by atoms with van der Waals surface area (Å²) < 4.78 is 0. The first-order valence-corrected chi connectivity index (χ1v) is 7.27. The summed E-state index contributed by atoms with van der Waals surface area (Å²) in [5, 5.41) is 0.659. The summed E-state index contributed by atoms with van der Waals surface area (Å²) in [7, 11) is 0. The predicted molar refractivity (Wildman–Crippen MR) is 78.8 cm³/mol. The Hall–Kier alpha value is -1.08. The molecule has 19 heavy (non-hydrogen) atoms. The number of hydrogen-bond donors (Lipinski definition) is 0. The molecule has 0 heterocycles. The SMILES string of the molecule is CC12CCC(C(=C(Cl)c3ccccc3)C1=O)C2(C)C. The molecule has 0 N–H and O–H groups in total. The highest BCUT2D eigenvalue weighted by atomic mass is 35.5. The number of rotatable bonds is 1. The van der Waals surface area contributed by atoms with Gasteiger partial charge in [-0.15, -0.1) is 0 Å². The van der Waals surface area contributed by atoms with Gasteiger partial charge < -0.3 is 0 Å². The van der Waals surface area contributed by atoms with Crippen molar-refractivity contribution < 1.29 is 4.79 Å². The van der Waals surface area contributed by atoms with Gasteiger partial charge in [0.05, 0.1) is 5.03 Å². The Bertz CT molecular complexity index is 570. The minimum Gasteiger partial charge on any atom is -0.294 e. The maximum atomic E-state index is 12.8. The normalized spacial score (nSPS) is 34.7. The van der Waals surface area contributed by atoms with Gasteiger partial charge >= 0.3 is 0 Å². The van der Waals surface area contributed by atoms with Gasteiger partial charge in [0.2, 0.25) is 0 Å². The van der Waals surface area contributed by atoms with E-state index in [0.717, 1.165) is 24.0 Å². The largest absolute Gasteiger partial charge is 0.294 e. The second-order valence-electron chi connectivity index (χ2n) is 6.57. The molecule has 2 heteroatoms. The maximum absolute atomic E-state index is 12.8. The molecule has 0 amide bonds. The Morgan fingerprint density at radius 2 is 1.84 bits per heavy atom. The van der Waals surface area contributed by atoms with Crippen molar-refractivity contribution in [2.24, 2.45) is 16.7 Å². The first-order valence-electron chi connectivity index (χ1n) is 6.89. The monoisotopic (exact) mass is 274 g/mol. The quantitative estimate of drug-likeness (QED) is 0.681. The number of Topliss-reactive ketones (excluding diaryl/α,β-unsaturated/α-hetero) is 1. The molecule has 3 rings (SSSR count). The molecule has 2 aliphatic rings. The first-order chi connectivity index (χ1) is 8.89. The molecule has 2 saturated carbocycles. The van der Waals surface area contributed by atoms with Crippen molar-refractivity contribution in [3.05, 3.63) is 41.5 Å². The van der Waals surface area contributed by atoms with Crippen molar-refractivity contribution in [3.63, 3.8) is 0 Å². The minimum atomic E-state index is -0.234. The highest BCUT2D eigenvalue weighted by Gasteiger charge is 2.64. The Kier molecular flexibility index (Phi) is 2.69. The third-order valence-electron chi connectivity index (χ3n) is 5.58. The molecule has 0 saturated heterocycles. The lowest BCUT2D eigenvalue weighted by atomic mass is 9.70. The van der Waals surface area contributed by atoms with Crippen LogP contribution < -0.4 is 0 Å². The Balaban J connectivity index is 2.16. The Morgan fingerprint density at radius 3 is 2.37 bits per heavy atom. The fourth-order valence-electron chi connectivity index (χ4n) is 3.86. The molecule has 0 spiro atoms. The summed E-state index contributed by atoms with van der Waals surface area (Å²) in [4.78, 5) is 12.8. The minimum absolute atomic E-state index is 0.0222. The number of hydrogen-bond acceptors (Lipinski definition) is 1. The lowest BCUT2D eigenvalue weighted by Crippen LogP contribution is -2.32. The number of benzene rings is 1. The fourth-order valence-corrected chi connectivity index (χ4v) is 4.20. The van der Waals surface area contributed by atoms with Gasteiger partial charge in [0.15, 0.2) is 5.78 Å². The van der Waals surface area contributed by atoms with Gasteiger partial charge in [-0.05, 0) is 29.7 Å². The lowest BCUT2D eigenvalue weighted by Gasteiger charge is -2.31. The van der Waals surface area contributed by atoms with E-state index in [9.17, 15) is 4.79 Å². The first kappa shape index (κ1) is 12.9. The number of carbonyl (C=O) groups excluding carboxylic acids is 1. The molecule has 0 aliphatic heterocycles. The van der Waals surface area contributed by atoms with Crippen molar-refractivity contribution in [2.75, 3.05) is 0 Å². The van der Waals surface area contributed by atoms with E-state index in [1.54, 1.807) is 0 Å². The fraction of sp³-hybridized carbons (Fsp3) is 0.471. The van der Waals surface area contributed by atoms with Crippen molar-refractivity contribution in [3.8, 4) is 0 Å². The topological polar surface area (TPSA) is 17.1 Å². The highest BCUT2D eigenvalue weighted by molar-refractivity contribution is 6.51. The van der Waals surface area contributed by atoms with Crippen molar-refractivity contribution in [1.29, 1.82) is 0 Å². The van der Waals surface area contributed by atoms with E-state index in [1.165, 1.54) is 0 Å². The van der Waals surface area contributed by atoms with Crippen LogP contribution in [0.5, 0.6) is 0 Å². The van der Waals surface area contributed by atoms with Crippen LogP contribution in [0.3, 0.4) is 0 Å². The number of ketones is 1. The zero-order valence-corrected chi connectivity index (χ0v) is 12.4. The zero-order chi connectivity index (χ0) is 13.8. The molecule has 2 fully saturated rings. The van der Waals surface area contributed by atoms with E-state index in [2.05, 4.69) is 20.8 Å². The molecular weight excluding hydrogens is 256 g/mol. The van der Waals surface area contributed by atoms with E-state index in [4.69, 9.17) is 11.6 Å². The van der Waals surface area contributed by atoms with E-state index in [0.29, 0.717) is 11.0 Å². The molecule has 0 aromatic heterocycles. The van der Waals surface area contributed by atoms with E-state index in [-0.39, 0.29) is 16.6 Å². The van der Waals surface area contributed by atoms with Crippen LogP contribution in [0.1, 0.15) is 39.2 Å². The van der Waals surface area contributed by atoms with Crippen LogP contribution >= 0.6 is 11.6 Å². The van der Waals surface area contributed by atoms with Gasteiger partial charge in [-0.1, -0.05) is 62.7 Å². The highest BCUT2D eigenvalue weighted by Crippen LogP contribution is 2.66. The second kappa shape index (κ2) is 3.96. The van der Waals surface area contributed by atoms with Crippen LogP contribution in [0.15, 0.2) is 35.9 Å². The standard InChI is InChI=1S/C17H19ClO/c1-16(2)12-9-10-17(16,3)15(19)13(12)14(18)11-7-5-4-6-8-11/h4-8,12H,9-10H2,1-3H3. The van der Waals surface area contributed by atoms with Crippen LogP contribution in [0.25, 0.3) is 5.03 Å². The number of carbonyl (C=O) groups is 1. The summed E-state index contributed by atoms with van der Waals surface area (Å²) in [6.45, 7) is 6.53. The van der Waals surface area contributed by atoms with E-state index in [1.807, 2.05) is 30.3 Å². The van der Waals surface area contributed by atoms with Gasteiger partial charge in [0, 0.05) is 11.0 Å². The molecule has 0 radical (unpaired) electrons. The van der Waals surface area contributed by atoms with Crippen LogP contribution in [-0.4, -0.2) is 5.78 Å². The van der Waals surface area contributed by atoms with Gasteiger partial charge in [-0.25, -0.2) is 0 Å². The number of fused-ring (bicyclic) bond motifs is 2. The summed E-state index contributed by atoms with van der Waals surface area (Å²) in [5.74, 6) is 0.570. The van der Waals surface area contributed by atoms with Crippen molar-refractivity contribution >= 4 is 22.4 Å². The van der Waals surface area contributed by atoms with Crippen LogP contribution in [0.4, 0.5) is 0 Å². The molecule has 2 atom stereocenters. The van der Waals surface area contributed by atoms with Gasteiger partial charge in [-0.2, -0.15) is 0 Å². The summed E-state index contributed by atoms with van der Waals surface area (Å²) in [5.41, 5.74) is 1.61. The van der Waals surface area contributed by atoms with Crippen LogP contribution in [0.2, 0.25) is 0 Å². The van der Waals surface area contributed by atoms with E-state index >= 15 is 0 Å². The Labute approximate surface area is 119 Å². The van der Waals surface area contributed by atoms with Crippen LogP contribution in [0, 0.1) is 16.7 Å². The molecule has 1 nitrogen and oxygen atoms in total. The molecule has 2 aliphatic carbocycles. The van der Waals surface area contributed by atoms with E-state index < -0.39 is 0 Å². The molecular formula is C17H19ClO. The van der Waals surface area contributed by atoms with Crippen molar-refractivity contribution in [2.45, 2.75) is 33.6 Å². The third kappa shape index (κ3) is 1.51.